The minimum absolute atomic E-state index is 0.0145. The molecule has 2 N–H and O–H groups in total. The van der Waals surface area contributed by atoms with Gasteiger partial charge in [-0.2, -0.15) is 5.10 Å². The van der Waals surface area contributed by atoms with E-state index in [0.29, 0.717) is 22.5 Å². The van der Waals surface area contributed by atoms with Gasteiger partial charge in [-0.05, 0) is 23.8 Å². The fraction of sp³-hybridized carbons (Fsp3) is 0. The van der Waals surface area contributed by atoms with E-state index in [1.807, 2.05) is 0 Å². The first-order chi connectivity index (χ1) is 13.4. The molecule has 2 aromatic heterocycles. The second kappa shape index (κ2) is 6.76. The van der Waals surface area contributed by atoms with Crippen molar-refractivity contribution in [2.24, 2.45) is 0 Å². The van der Waals surface area contributed by atoms with Crippen molar-refractivity contribution in [1.82, 2.24) is 15.2 Å². The number of aromatic amines is 1. The van der Waals surface area contributed by atoms with Crippen LogP contribution in [0.1, 0.15) is 10.5 Å². The van der Waals surface area contributed by atoms with E-state index in [2.05, 4.69) is 20.5 Å². The molecule has 0 saturated carbocycles. The first-order valence-electron chi connectivity index (χ1n) is 7.99. The number of rotatable bonds is 3. The van der Waals surface area contributed by atoms with Crippen molar-refractivity contribution in [2.75, 3.05) is 5.32 Å². The molecule has 0 aliphatic carbocycles. The molecule has 2 aromatic carbocycles. The normalized spacial score (nSPS) is 11.0. The van der Waals surface area contributed by atoms with Gasteiger partial charge in [-0.25, -0.2) is 22.5 Å². The second-order valence-corrected chi connectivity index (χ2v) is 5.87. The highest BCUT2D eigenvalue weighted by Crippen LogP contribution is 2.28. The summed E-state index contributed by atoms with van der Waals surface area (Å²) in [7, 11) is 0. The summed E-state index contributed by atoms with van der Waals surface area (Å²) in [5.74, 6) is -5.22. The van der Waals surface area contributed by atoms with Gasteiger partial charge < -0.3 is 5.32 Å². The molecule has 2 heterocycles. The molecule has 0 atom stereocenters. The molecule has 0 spiro atoms. The Hall–Kier alpha value is -3.75. The molecule has 0 aliphatic rings. The fourth-order valence-corrected chi connectivity index (χ4v) is 2.75. The number of halogens is 4. The van der Waals surface area contributed by atoms with Crippen LogP contribution in [0.15, 0.2) is 48.7 Å². The average Bonchev–Trinajstić information content (AvgIpc) is 3.09. The van der Waals surface area contributed by atoms with Crippen molar-refractivity contribution in [3.05, 3.63) is 77.6 Å². The maximum absolute atomic E-state index is 14.1. The van der Waals surface area contributed by atoms with E-state index in [1.54, 1.807) is 12.1 Å². The fourth-order valence-electron chi connectivity index (χ4n) is 2.75. The number of aromatic nitrogens is 3. The lowest BCUT2D eigenvalue weighted by atomic mass is 10.0. The van der Waals surface area contributed by atoms with Crippen LogP contribution >= 0.6 is 0 Å². The largest absolute Gasteiger partial charge is 0.303 e. The third-order valence-electron chi connectivity index (χ3n) is 4.08. The Morgan fingerprint density at radius 3 is 2.61 bits per heavy atom. The summed E-state index contributed by atoms with van der Waals surface area (Å²) >= 11 is 0. The van der Waals surface area contributed by atoms with Gasteiger partial charge in [0.25, 0.3) is 5.91 Å². The van der Waals surface area contributed by atoms with E-state index in [9.17, 15) is 22.4 Å². The molecule has 4 aromatic rings. The van der Waals surface area contributed by atoms with Crippen LogP contribution < -0.4 is 5.32 Å². The molecular formula is C19H10F4N4O. The van der Waals surface area contributed by atoms with Gasteiger partial charge in [0.15, 0.2) is 29.0 Å². The number of nitrogens with zero attached hydrogens (tertiary/aromatic N) is 2. The molecule has 28 heavy (non-hydrogen) atoms. The molecule has 9 heteroatoms. The first-order valence-corrected chi connectivity index (χ1v) is 7.99. The molecule has 0 unspecified atom stereocenters. The zero-order chi connectivity index (χ0) is 19.8. The standard InChI is InChI=1S/C19H10F4N4O/c20-10-7-14(22)18(24-8-10)25-19(28)17-12-6-9(4-5-15(12)26-27-17)11-2-1-3-13(21)16(11)23/h1-8H,(H,26,27)(H,24,25,28). The SMILES string of the molecule is O=C(Nc1ncc(F)cc1F)c1n[nH]c2ccc(-c3cccc(F)c3F)cc12. The van der Waals surface area contributed by atoms with Crippen molar-refractivity contribution >= 4 is 22.6 Å². The Morgan fingerprint density at radius 1 is 1.00 bits per heavy atom. The molecule has 0 bridgehead atoms. The summed E-state index contributed by atoms with van der Waals surface area (Å²) in [6.45, 7) is 0. The topological polar surface area (TPSA) is 70.7 Å². The van der Waals surface area contributed by atoms with E-state index >= 15 is 0 Å². The van der Waals surface area contributed by atoms with Gasteiger partial charge in [0.1, 0.15) is 5.82 Å². The smallest absolute Gasteiger partial charge is 0.278 e. The van der Waals surface area contributed by atoms with Crippen LogP contribution in [0.25, 0.3) is 22.0 Å². The van der Waals surface area contributed by atoms with Crippen LogP contribution in [0.3, 0.4) is 0 Å². The summed E-state index contributed by atoms with van der Waals surface area (Å²) in [5.41, 5.74) is 0.684. The lowest BCUT2D eigenvalue weighted by Gasteiger charge is -2.06. The van der Waals surface area contributed by atoms with E-state index in [0.717, 1.165) is 12.3 Å². The molecular weight excluding hydrogens is 376 g/mol. The number of hydrogen-bond acceptors (Lipinski definition) is 3. The number of fused-ring (bicyclic) bond motifs is 1. The van der Waals surface area contributed by atoms with Gasteiger partial charge in [-0.15, -0.1) is 0 Å². The number of amides is 1. The number of pyridine rings is 1. The van der Waals surface area contributed by atoms with Crippen molar-refractivity contribution < 1.29 is 22.4 Å². The highest BCUT2D eigenvalue weighted by atomic mass is 19.2. The molecule has 0 aliphatic heterocycles. The van der Waals surface area contributed by atoms with E-state index in [1.165, 1.54) is 18.2 Å². The van der Waals surface area contributed by atoms with Gasteiger partial charge >= 0.3 is 0 Å². The summed E-state index contributed by atoms with van der Waals surface area (Å²) in [6.07, 6.45) is 0.756. The number of carbonyl (C=O) groups is 1. The number of benzene rings is 2. The third kappa shape index (κ3) is 3.07. The quantitative estimate of drug-likeness (QED) is 0.512. The maximum atomic E-state index is 14.1. The Morgan fingerprint density at radius 2 is 1.82 bits per heavy atom. The average molecular weight is 386 g/mol. The highest BCUT2D eigenvalue weighted by molar-refractivity contribution is 6.11. The van der Waals surface area contributed by atoms with Crippen LogP contribution in [0, 0.1) is 23.3 Å². The Labute approximate surface area is 155 Å². The van der Waals surface area contributed by atoms with Crippen molar-refractivity contribution in [3.63, 3.8) is 0 Å². The molecule has 0 radical (unpaired) electrons. The molecule has 4 rings (SSSR count). The van der Waals surface area contributed by atoms with Gasteiger partial charge in [-0.3, -0.25) is 9.89 Å². The van der Waals surface area contributed by atoms with Crippen LogP contribution in [0.2, 0.25) is 0 Å². The van der Waals surface area contributed by atoms with E-state index < -0.39 is 35.0 Å². The number of hydrogen-bond donors (Lipinski definition) is 2. The molecule has 0 saturated heterocycles. The zero-order valence-electron chi connectivity index (χ0n) is 13.9. The van der Waals surface area contributed by atoms with Crippen molar-refractivity contribution in [1.29, 1.82) is 0 Å². The van der Waals surface area contributed by atoms with Gasteiger partial charge in [0.2, 0.25) is 0 Å². The predicted octanol–water partition coefficient (Wildman–Crippen LogP) is 4.43. The van der Waals surface area contributed by atoms with Crippen LogP contribution in [-0.2, 0) is 0 Å². The zero-order valence-corrected chi connectivity index (χ0v) is 13.9. The summed E-state index contributed by atoms with van der Waals surface area (Å²) in [4.78, 5) is 16.0. The lowest BCUT2D eigenvalue weighted by molar-refractivity contribution is 0.102. The van der Waals surface area contributed by atoms with Crippen LogP contribution in [-0.4, -0.2) is 21.1 Å². The van der Waals surface area contributed by atoms with Gasteiger partial charge in [0.05, 0.1) is 11.7 Å². The number of carbonyl (C=O) groups excluding carboxylic acids is 1. The second-order valence-electron chi connectivity index (χ2n) is 5.87. The number of nitrogens with one attached hydrogen (secondary N) is 2. The Kier molecular flexibility index (Phi) is 4.26. The van der Waals surface area contributed by atoms with E-state index in [-0.39, 0.29) is 11.3 Å². The minimum atomic E-state index is -1.05. The van der Waals surface area contributed by atoms with Gasteiger partial charge in [-0.1, -0.05) is 18.2 Å². The highest BCUT2D eigenvalue weighted by Gasteiger charge is 2.18. The Balaban J connectivity index is 1.74. The Bertz CT molecular complexity index is 1220. The first kappa shape index (κ1) is 17.7. The molecule has 140 valence electrons. The minimum Gasteiger partial charge on any atom is -0.303 e. The van der Waals surface area contributed by atoms with Crippen molar-refractivity contribution in [3.8, 4) is 11.1 Å². The third-order valence-corrected chi connectivity index (χ3v) is 4.08. The number of anilines is 1. The molecule has 1 amide bonds. The van der Waals surface area contributed by atoms with Crippen molar-refractivity contribution in [2.45, 2.75) is 0 Å². The van der Waals surface area contributed by atoms with Crippen LogP contribution in [0.5, 0.6) is 0 Å². The van der Waals surface area contributed by atoms with Crippen LogP contribution in [0.4, 0.5) is 23.4 Å². The summed E-state index contributed by atoms with van der Waals surface area (Å²) in [6, 6.07) is 8.90. The molecule has 5 nitrogen and oxygen atoms in total. The molecule has 0 fully saturated rings. The maximum Gasteiger partial charge on any atom is 0.278 e. The van der Waals surface area contributed by atoms with Gasteiger partial charge in [0, 0.05) is 17.0 Å². The monoisotopic (exact) mass is 386 g/mol. The predicted molar refractivity (Wildman–Crippen MR) is 93.6 cm³/mol. The summed E-state index contributed by atoms with van der Waals surface area (Å²) in [5, 5.41) is 9.02. The number of H-pyrrole nitrogens is 1. The summed E-state index contributed by atoms with van der Waals surface area (Å²) < 4.78 is 54.2. The van der Waals surface area contributed by atoms with E-state index in [4.69, 9.17) is 0 Å². The lowest BCUT2D eigenvalue weighted by Crippen LogP contribution is -2.15.